The van der Waals surface area contributed by atoms with Crippen LogP contribution in [0.1, 0.15) is 22.6 Å². The Morgan fingerprint density at radius 1 is 1.14 bits per heavy atom. The summed E-state index contributed by atoms with van der Waals surface area (Å²) in [5.74, 6) is -0.532. The van der Waals surface area contributed by atoms with Crippen LogP contribution in [0.25, 0.3) is 0 Å². The Kier molecular flexibility index (Phi) is 4.99. The highest BCUT2D eigenvalue weighted by molar-refractivity contribution is 5.79. The van der Waals surface area contributed by atoms with Gasteiger partial charge in [0.15, 0.2) is 0 Å². The maximum atomic E-state index is 12.0. The van der Waals surface area contributed by atoms with Crippen LogP contribution >= 0.6 is 0 Å². The van der Waals surface area contributed by atoms with E-state index in [4.69, 9.17) is 4.74 Å². The van der Waals surface area contributed by atoms with Crippen LogP contribution in [0, 0.1) is 13.8 Å². The molecule has 0 bridgehead atoms. The molecule has 0 amide bonds. The fourth-order valence-electron chi connectivity index (χ4n) is 2.39. The van der Waals surface area contributed by atoms with Gasteiger partial charge in [-0.15, -0.1) is 0 Å². The van der Waals surface area contributed by atoms with Crippen molar-refractivity contribution in [2.45, 2.75) is 19.8 Å². The summed E-state index contributed by atoms with van der Waals surface area (Å²) in [4.78, 5) is 12.0. The monoisotopic (exact) mass is 283 g/mol. The normalized spacial score (nSPS) is 11.8. The molecule has 0 aliphatic carbocycles. The van der Waals surface area contributed by atoms with Crippen LogP contribution in [0.5, 0.6) is 0 Å². The van der Waals surface area contributed by atoms with E-state index in [1.807, 2.05) is 36.4 Å². The highest BCUT2D eigenvalue weighted by atomic mass is 16.5. The van der Waals surface area contributed by atoms with Crippen LogP contribution in [-0.4, -0.2) is 19.6 Å². The van der Waals surface area contributed by atoms with Gasteiger partial charge in [0, 0.05) is 12.2 Å². The Hall–Kier alpha value is -2.29. The van der Waals surface area contributed by atoms with Gasteiger partial charge in [0.1, 0.15) is 0 Å². The van der Waals surface area contributed by atoms with Crippen molar-refractivity contribution in [3.63, 3.8) is 0 Å². The van der Waals surface area contributed by atoms with Crippen molar-refractivity contribution < 1.29 is 9.53 Å². The highest BCUT2D eigenvalue weighted by Gasteiger charge is 2.21. The highest BCUT2D eigenvalue weighted by Crippen LogP contribution is 2.21. The maximum Gasteiger partial charge on any atom is 0.314 e. The van der Waals surface area contributed by atoms with Crippen molar-refractivity contribution >= 4 is 11.7 Å². The van der Waals surface area contributed by atoms with Crippen molar-refractivity contribution in [1.82, 2.24) is 0 Å². The smallest absolute Gasteiger partial charge is 0.314 e. The topological polar surface area (TPSA) is 38.3 Å². The maximum absolute atomic E-state index is 12.0. The van der Waals surface area contributed by atoms with Crippen LogP contribution in [0.4, 0.5) is 5.69 Å². The molecule has 0 spiro atoms. The number of methoxy groups -OCH3 is 1. The SMILES string of the molecule is COC(=O)C(CNc1ccc(C)cc1C)c1ccccc1. The molecule has 0 aromatic heterocycles. The fourth-order valence-corrected chi connectivity index (χ4v) is 2.39. The van der Waals surface area contributed by atoms with Gasteiger partial charge >= 0.3 is 5.97 Å². The van der Waals surface area contributed by atoms with Gasteiger partial charge in [-0.25, -0.2) is 0 Å². The zero-order valence-corrected chi connectivity index (χ0v) is 12.7. The Balaban J connectivity index is 2.15. The molecule has 0 heterocycles. The third kappa shape index (κ3) is 3.85. The molecule has 1 N–H and O–H groups in total. The van der Waals surface area contributed by atoms with E-state index >= 15 is 0 Å². The van der Waals surface area contributed by atoms with Crippen molar-refractivity contribution in [2.24, 2.45) is 0 Å². The number of hydrogen-bond acceptors (Lipinski definition) is 3. The van der Waals surface area contributed by atoms with Gasteiger partial charge in [-0.1, -0.05) is 48.0 Å². The number of carbonyl (C=O) groups excluding carboxylic acids is 1. The third-order valence-corrected chi connectivity index (χ3v) is 3.57. The Bertz CT molecular complexity index is 608. The van der Waals surface area contributed by atoms with Crippen LogP contribution in [0.3, 0.4) is 0 Å². The number of hydrogen-bond donors (Lipinski definition) is 1. The van der Waals surface area contributed by atoms with Crippen molar-refractivity contribution in [3.05, 3.63) is 65.2 Å². The van der Waals surface area contributed by atoms with Gasteiger partial charge in [0.05, 0.1) is 13.0 Å². The minimum absolute atomic E-state index is 0.224. The molecule has 0 saturated carbocycles. The number of esters is 1. The molecule has 2 aromatic rings. The summed E-state index contributed by atoms with van der Waals surface area (Å²) in [6.45, 7) is 4.64. The predicted molar refractivity (Wildman–Crippen MR) is 85.6 cm³/mol. The minimum Gasteiger partial charge on any atom is -0.468 e. The molecule has 0 aliphatic rings. The van der Waals surface area contributed by atoms with E-state index < -0.39 is 0 Å². The second kappa shape index (κ2) is 6.93. The quantitative estimate of drug-likeness (QED) is 0.851. The largest absolute Gasteiger partial charge is 0.468 e. The summed E-state index contributed by atoms with van der Waals surface area (Å²) < 4.78 is 4.93. The van der Waals surface area contributed by atoms with E-state index in [9.17, 15) is 4.79 Å². The van der Waals surface area contributed by atoms with Gasteiger partial charge in [-0.05, 0) is 31.0 Å². The third-order valence-electron chi connectivity index (χ3n) is 3.57. The second-order valence-electron chi connectivity index (χ2n) is 5.19. The molecule has 0 saturated heterocycles. The molecular formula is C18H21NO2. The first kappa shape index (κ1) is 15.1. The van der Waals surface area contributed by atoms with Gasteiger partial charge in [0.2, 0.25) is 0 Å². The van der Waals surface area contributed by atoms with Crippen LogP contribution < -0.4 is 5.32 Å². The van der Waals surface area contributed by atoms with E-state index in [1.54, 1.807) is 0 Å². The van der Waals surface area contributed by atoms with Crippen LogP contribution in [0.2, 0.25) is 0 Å². The predicted octanol–water partition coefficient (Wildman–Crippen LogP) is 3.67. The molecule has 1 atom stereocenters. The number of aryl methyl sites for hydroxylation is 2. The average Bonchev–Trinajstić information content (AvgIpc) is 2.50. The van der Waals surface area contributed by atoms with Crippen LogP contribution in [0.15, 0.2) is 48.5 Å². The molecule has 21 heavy (non-hydrogen) atoms. The van der Waals surface area contributed by atoms with Gasteiger partial charge < -0.3 is 10.1 Å². The molecule has 0 fully saturated rings. The number of nitrogens with one attached hydrogen (secondary N) is 1. The molecule has 1 unspecified atom stereocenters. The number of carbonyl (C=O) groups is 1. The van der Waals surface area contributed by atoms with E-state index in [2.05, 4.69) is 31.3 Å². The Morgan fingerprint density at radius 2 is 1.86 bits per heavy atom. The van der Waals surface area contributed by atoms with E-state index in [1.165, 1.54) is 18.2 Å². The lowest BCUT2D eigenvalue weighted by Crippen LogP contribution is -2.22. The Labute approximate surface area is 126 Å². The molecule has 110 valence electrons. The molecule has 2 aromatic carbocycles. The average molecular weight is 283 g/mol. The fraction of sp³-hybridized carbons (Fsp3) is 0.278. The number of ether oxygens (including phenoxy) is 1. The first-order chi connectivity index (χ1) is 10.1. The lowest BCUT2D eigenvalue weighted by molar-refractivity contribution is -0.142. The summed E-state index contributed by atoms with van der Waals surface area (Å²) >= 11 is 0. The molecule has 3 heteroatoms. The summed E-state index contributed by atoms with van der Waals surface area (Å²) in [7, 11) is 1.43. The zero-order chi connectivity index (χ0) is 15.2. The lowest BCUT2D eigenvalue weighted by Gasteiger charge is -2.17. The zero-order valence-electron chi connectivity index (χ0n) is 12.7. The van der Waals surface area contributed by atoms with E-state index in [0.717, 1.165) is 11.3 Å². The molecule has 3 nitrogen and oxygen atoms in total. The van der Waals surface area contributed by atoms with Crippen LogP contribution in [-0.2, 0) is 9.53 Å². The first-order valence-corrected chi connectivity index (χ1v) is 7.05. The van der Waals surface area contributed by atoms with E-state index in [-0.39, 0.29) is 11.9 Å². The summed E-state index contributed by atoms with van der Waals surface area (Å²) in [6.07, 6.45) is 0. The molecule has 0 aliphatic heterocycles. The van der Waals surface area contributed by atoms with E-state index in [0.29, 0.717) is 6.54 Å². The summed E-state index contributed by atoms with van der Waals surface area (Å²) in [6, 6.07) is 15.9. The second-order valence-corrected chi connectivity index (χ2v) is 5.19. The van der Waals surface area contributed by atoms with Crippen molar-refractivity contribution in [3.8, 4) is 0 Å². The van der Waals surface area contributed by atoms with Crippen molar-refractivity contribution in [2.75, 3.05) is 19.0 Å². The van der Waals surface area contributed by atoms with Gasteiger partial charge in [-0.3, -0.25) is 4.79 Å². The van der Waals surface area contributed by atoms with Gasteiger partial charge in [-0.2, -0.15) is 0 Å². The first-order valence-electron chi connectivity index (χ1n) is 7.05. The summed E-state index contributed by atoms with van der Waals surface area (Å²) in [5.41, 5.74) is 4.41. The lowest BCUT2D eigenvalue weighted by atomic mass is 9.99. The number of anilines is 1. The molecular weight excluding hydrogens is 262 g/mol. The number of rotatable bonds is 5. The number of benzene rings is 2. The molecule has 0 radical (unpaired) electrons. The molecule has 2 rings (SSSR count). The Morgan fingerprint density at radius 3 is 2.48 bits per heavy atom. The summed E-state index contributed by atoms with van der Waals surface area (Å²) in [5, 5.41) is 3.35. The van der Waals surface area contributed by atoms with Crippen molar-refractivity contribution in [1.29, 1.82) is 0 Å². The minimum atomic E-state index is -0.308. The van der Waals surface area contributed by atoms with Gasteiger partial charge in [0.25, 0.3) is 0 Å². The standard InChI is InChI=1S/C18H21NO2/c1-13-9-10-17(14(2)11-13)19-12-16(18(20)21-3)15-7-5-4-6-8-15/h4-11,16,19H,12H2,1-3H3.